The van der Waals surface area contributed by atoms with Crippen molar-refractivity contribution in [3.63, 3.8) is 0 Å². The predicted molar refractivity (Wildman–Crippen MR) is 87.2 cm³/mol. The van der Waals surface area contributed by atoms with Gasteiger partial charge in [-0.15, -0.1) is 0 Å². The Morgan fingerprint density at radius 3 is 2.86 bits per heavy atom. The topological polar surface area (TPSA) is 43.4 Å². The molecule has 0 spiro atoms. The van der Waals surface area contributed by atoms with Crippen LogP contribution in [0.25, 0.3) is 0 Å². The van der Waals surface area contributed by atoms with Crippen molar-refractivity contribution in [1.29, 1.82) is 0 Å². The highest BCUT2D eigenvalue weighted by atomic mass is 79.9. The van der Waals surface area contributed by atoms with E-state index in [1.165, 1.54) is 0 Å². The van der Waals surface area contributed by atoms with Gasteiger partial charge in [-0.2, -0.15) is 0 Å². The first-order chi connectivity index (χ1) is 10.3. The van der Waals surface area contributed by atoms with Gasteiger partial charge in [-0.1, -0.05) is 12.1 Å². The van der Waals surface area contributed by atoms with Crippen LogP contribution in [-0.2, 0) is 22.6 Å². The Morgan fingerprint density at radius 2 is 2.05 bits per heavy atom. The number of halogens is 1. The fourth-order valence-electron chi connectivity index (χ4n) is 1.86. The molecule has 1 aromatic heterocycles. The molecule has 1 aromatic carbocycles. The zero-order valence-corrected chi connectivity index (χ0v) is 13.6. The normalized spacial score (nSPS) is 10.6. The number of nitrogens with zero attached hydrogens (tertiary/aromatic N) is 1. The van der Waals surface area contributed by atoms with Crippen molar-refractivity contribution in [3.8, 4) is 0 Å². The Kier molecular flexibility index (Phi) is 6.66. The van der Waals surface area contributed by atoms with Crippen LogP contribution in [0.5, 0.6) is 0 Å². The van der Waals surface area contributed by atoms with Crippen LogP contribution < -0.4 is 5.32 Å². The lowest BCUT2D eigenvalue weighted by molar-refractivity contribution is 0.0617. The van der Waals surface area contributed by atoms with E-state index in [0.29, 0.717) is 19.8 Å². The largest absolute Gasteiger partial charge is 0.382 e. The molecule has 0 atom stereocenters. The van der Waals surface area contributed by atoms with Crippen molar-refractivity contribution in [2.45, 2.75) is 13.2 Å². The summed E-state index contributed by atoms with van der Waals surface area (Å²) in [5.74, 6) is 0. The number of rotatable bonds is 8. The number of hydrogen-bond donors (Lipinski definition) is 1. The molecule has 1 heterocycles. The Morgan fingerprint density at radius 1 is 1.14 bits per heavy atom. The van der Waals surface area contributed by atoms with Gasteiger partial charge in [-0.3, -0.25) is 4.98 Å². The van der Waals surface area contributed by atoms with Gasteiger partial charge in [0.15, 0.2) is 0 Å². The molecule has 2 rings (SSSR count). The minimum atomic E-state index is 0.595. The Balaban J connectivity index is 1.86. The van der Waals surface area contributed by atoms with Crippen LogP contribution in [-0.4, -0.2) is 25.3 Å². The molecule has 0 fully saturated rings. The molecule has 0 saturated heterocycles. The number of benzene rings is 1. The van der Waals surface area contributed by atoms with Crippen molar-refractivity contribution < 1.29 is 9.47 Å². The first-order valence-electron chi connectivity index (χ1n) is 6.77. The van der Waals surface area contributed by atoms with Crippen molar-refractivity contribution in [3.05, 3.63) is 58.3 Å². The van der Waals surface area contributed by atoms with Crippen molar-refractivity contribution in [2.75, 3.05) is 25.6 Å². The average molecular weight is 351 g/mol. The van der Waals surface area contributed by atoms with Gasteiger partial charge in [0.05, 0.1) is 19.8 Å². The maximum atomic E-state index is 5.52. The maximum Gasteiger partial charge on any atom is 0.0718 e. The van der Waals surface area contributed by atoms with Crippen LogP contribution in [0.15, 0.2) is 47.2 Å². The summed E-state index contributed by atoms with van der Waals surface area (Å²) >= 11 is 3.42. The van der Waals surface area contributed by atoms with Crippen LogP contribution in [0.3, 0.4) is 0 Å². The molecule has 0 aliphatic heterocycles. The fourth-order valence-corrected chi connectivity index (χ4v) is 2.27. The van der Waals surface area contributed by atoms with Gasteiger partial charge in [0.1, 0.15) is 0 Å². The molecule has 0 saturated carbocycles. The van der Waals surface area contributed by atoms with Crippen LogP contribution in [0, 0.1) is 0 Å². The summed E-state index contributed by atoms with van der Waals surface area (Å²) in [7, 11) is 1.67. The van der Waals surface area contributed by atoms with E-state index in [0.717, 1.165) is 27.8 Å². The minimum absolute atomic E-state index is 0.595. The second kappa shape index (κ2) is 8.77. The number of ether oxygens (including phenoxy) is 2. The van der Waals surface area contributed by atoms with E-state index < -0.39 is 0 Å². The number of pyridine rings is 1. The molecule has 2 aromatic rings. The standard InChI is InChI=1S/C16H19BrN2O2/c1-20-5-6-21-12-13-3-2-4-16(8-13)19-10-14-7-15(17)11-18-9-14/h2-4,7-9,11,19H,5-6,10,12H2,1H3. The molecule has 0 unspecified atom stereocenters. The molecule has 5 heteroatoms. The van der Waals surface area contributed by atoms with Gasteiger partial charge in [0.2, 0.25) is 0 Å². The number of nitrogens with one attached hydrogen (secondary N) is 1. The molecule has 0 aliphatic carbocycles. The Hall–Kier alpha value is -1.43. The molecule has 4 nitrogen and oxygen atoms in total. The van der Waals surface area contributed by atoms with E-state index in [-0.39, 0.29) is 0 Å². The SMILES string of the molecule is COCCOCc1cccc(NCc2cncc(Br)c2)c1. The summed E-state index contributed by atoms with van der Waals surface area (Å²) in [6.07, 6.45) is 3.64. The zero-order chi connectivity index (χ0) is 14.9. The maximum absolute atomic E-state index is 5.52. The smallest absolute Gasteiger partial charge is 0.0718 e. The highest BCUT2D eigenvalue weighted by molar-refractivity contribution is 9.10. The van der Waals surface area contributed by atoms with E-state index in [1.807, 2.05) is 18.3 Å². The summed E-state index contributed by atoms with van der Waals surface area (Å²) in [5.41, 5.74) is 3.34. The zero-order valence-electron chi connectivity index (χ0n) is 12.0. The molecule has 0 amide bonds. The summed E-state index contributed by atoms with van der Waals surface area (Å²) in [6.45, 7) is 2.56. The highest BCUT2D eigenvalue weighted by Crippen LogP contribution is 2.14. The molecule has 1 N–H and O–H groups in total. The first-order valence-corrected chi connectivity index (χ1v) is 7.56. The quantitative estimate of drug-likeness (QED) is 0.738. The van der Waals surface area contributed by atoms with Crippen molar-refractivity contribution in [1.82, 2.24) is 4.98 Å². The van der Waals surface area contributed by atoms with Crippen LogP contribution >= 0.6 is 15.9 Å². The molecule has 0 radical (unpaired) electrons. The van der Waals surface area contributed by atoms with Gasteiger partial charge in [0, 0.05) is 36.2 Å². The third kappa shape index (κ3) is 5.83. The molecular formula is C16H19BrN2O2. The van der Waals surface area contributed by atoms with Gasteiger partial charge < -0.3 is 14.8 Å². The Labute approximate surface area is 133 Å². The lowest BCUT2D eigenvalue weighted by Gasteiger charge is -2.09. The summed E-state index contributed by atoms with van der Waals surface area (Å²) in [6, 6.07) is 10.3. The second-order valence-electron chi connectivity index (χ2n) is 4.61. The fraction of sp³-hybridized carbons (Fsp3) is 0.312. The number of anilines is 1. The predicted octanol–water partition coefficient (Wildman–Crippen LogP) is 3.62. The molecule has 21 heavy (non-hydrogen) atoms. The third-order valence-electron chi connectivity index (χ3n) is 2.89. The summed E-state index contributed by atoms with van der Waals surface area (Å²) in [5, 5.41) is 3.39. The molecule has 112 valence electrons. The van der Waals surface area contributed by atoms with Gasteiger partial charge in [-0.25, -0.2) is 0 Å². The van der Waals surface area contributed by atoms with E-state index in [2.05, 4.69) is 44.4 Å². The number of methoxy groups -OCH3 is 1. The summed E-state index contributed by atoms with van der Waals surface area (Å²) < 4.78 is 11.5. The minimum Gasteiger partial charge on any atom is -0.382 e. The summed E-state index contributed by atoms with van der Waals surface area (Å²) in [4.78, 5) is 4.15. The van der Waals surface area contributed by atoms with Crippen LogP contribution in [0.1, 0.15) is 11.1 Å². The number of aromatic nitrogens is 1. The van der Waals surface area contributed by atoms with Gasteiger partial charge in [0.25, 0.3) is 0 Å². The van der Waals surface area contributed by atoms with Crippen LogP contribution in [0.4, 0.5) is 5.69 Å². The van der Waals surface area contributed by atoms with E-state index in [9.17, 15) is 0 Å². The van der Waals surface area contributed by atoms with Gasteiger partial charge >= 0.3 is 0 Å². The Bertz CT molecular complexity index is 563. The van der Waals surface area contributed by atoms with Crippen molar-refractivity contribution in [2.24, 2.45) is 0 Å². The first kappa shape index (κ1) is 15.9. The monoisotopic (exact) mass is 350 g/mol. The highest BCUT2D eigenvalue weighted by Gasteiger charge is 1.98. The van der Waals surface area contributed by atoms with E-state index in [4.69, 9.17) is 9.47 Å². The van der Waals surface area contributed by atoms with Crippen molar-refractivity contribution >= 4 is 21.6 Å². The second-order valence-corrected chi connectivity index (χ2v) is 5.53. The lowest BCUT2D eigenvalue weighted by atomic mass is 10.2. The van der Waals surface area contributed by atoms with Crippen LogP contribution in [0.2, 0.25) is 0 Å². The lowest BCUT2D eigenvalue weighted by Crippen LogP contribution is -2.03. The average Bonchev–Trinajstić information content (AvgIpc) is 2.50. The van der Waals surface area contributed by atoms with E-state index >= 15 is 0 Å². The number of hydrogen-bond acceptors (Lipinski definition) is 4. The van der Waals surface area contributed by atoms with E-state index in [1.54, 1.807) is 13.3 Å². The van der Waals surface area contributed by atoms with Gasteiger partial charge in [-0.05, 0) is 45.3 Å². The molecular weight excluding hydrogens is 332 g/mol. The molecule has 0 bridgehead atoms. The molecule has 0 aliphatic rings. The third-order valence-corrected chi connectivity index (χ3v) is 3.32.